The molecule has 2 aliphatic rings. The van der Waals surface area contributed by atoms with Crippen molar-refractivity contribution >= 4 is 0 Å². The van der Waals surface area contributed by atoms with Gasteiger partial charge in [-0.1, -0.05) is 20.3 Å². The van der Waals surface area contributed by atoms with Crippen molar-refractivity contribution in [1.29, 1.82) is 5.26 Å². The average Bonchev–Trinajstić information content (AvgIpc) is 2.74. The van der Waals surface area contributed by atoms with Crippen LogP contribution in [0.1, 0.15) is 33.1 Å². The molecule has 15 heavy (non-hydrogen) atoms. The molecule has 1 aliphatic heterocycles. The summed E-state index contributed by atoms with van der Waals surface area (Å²) in [4.78, 5) is 2.62. The van der Waals surface area contributed by atoms with Gasteiger partial charge in [-0.3, -0.25) is 0 Å². The highest BCUT2D eigenvalue weighted by Crippen LogP contribution is 2.41. The van der Waals surface area contributed by atoms with E-state index in [1.165, 1.54) is 26.1 Å². The molecular weight excluding hydrogens is 184 g/mol. The van der Waals surface area contributed by atoms with Crippen LogP contribution in [0.2, 0.25) is 0 Å². The predicted octanol–water partition coefficient (Wildman–Crippen LogP) is 2.51. The molecule has 2 nitrogen and oxygen atoms in total. The third-order valence-corrected chi connectivity index (χ3v) is 4.28. The molecule has 2 fully saturated rings. The smallest absolute Gasteiger partial charge is 0.0656 e. The zero-order chi connectivity index (χ0) is 10.8. The van der Waals surface area contributed by atoms with Crippen LogP contribution in [-0.4, -0.2) is 24.5 Å². The first-order chi connectivity index (χ1) is 7.22. The first kappa shape index (κ1) is 11.0. The number of hydrogen-bond donors (Lipinski definition) is 0. The van der Waals surface area contributed by atoms with E-state index in [4.69, 9.17) is 5.26 Å². The number of nitriles is 1. The standard InChI is InChI=1S/C13H22N2/c1-3-10(2)7-15-8-12-4-11(6-14)5-13(12)9-15/h10-13H,3-5,7-9H2,1-2H3. The van der Waals surface area contributed by atoms with Crippen LogP contribution < -0.4 is 0 Å². The van der Waals surface area contributed by atoms with Gasteiger partial charge in [0.05, 0.1) is 6.07 Å². The van der Waals surface area contributed by atoms with Gasteiger partial charge in [0.1, 0.15) is 0 Å². The second kappa shape index (κ2) is 4.53. The quantitative estimate of drug-likeness (QED) is 0.709. The van der Waals surface area contributed by atoms with E-state index in [0.717, 1.165) is 30.6 Å². The van der Waals surface area contributed by atoms with Crippen molar-refractivity contribution in [2.75, 3.05) is 19.6 Å². The molecule has 0 bridgehead atoms. The van der Waals surface area contributed by atoms with Gasteiger partial charge in [-0.25, -0.2) is 0 Å². The summed E-state index contributed by atoms with van der Waals surface area (Å²) in [7, 11) is 0. The van der Waals surface area contributed by atoms with E-state index in [1.807, 2.05) is 0 Å². The Morgan fingerprint density at radius 3 is 2.40 bits per heavy atom. The van der Waals surface area contributed by atoms with Crippen molar-refractivity contribution in [3.8, 4) is 6.07 Å². The summed E-state index contributed by atoms with van der Waals surface area (Å²) in [6.45, 7) is 8.39. The maximum Gasteiger partial charge on any atom is 0.0656 e. The molecule has 0 aromatic rings. The Balaban J connectivity index is 1.81. The molecule has 2 rings (SSSR count). The van der Waals surface area contributed by atoms with Gasteiger partial charge in [0, 0.05) is 25.6 Å². The Kier molecular flexibility index (Phi) is 3.31. The molecule has 84 valence electrons. The maximum absolute atomic E-state index is 8.91. The number of hydrogen-bond acceptors (Lipinski definition) is 2. The van der Waals surface area contributed by atoms with Crippen LogP contribution in [0.4, 0.5) is 0 Å². The Morgan fingerprint density at radius 1 is 1.33 bits per heavy atom. The molecule has 0 N–H and O–H groups in total. The van der Waals surface area contributed by atoms with E-state index in [2.05, 4.69) is 24.8 Å². The average molecular weight is 206 g/mol. The highest BCUT2D eigenvalue weighted by atomic mass is 15.2. The summed E-state index contributed by atoms with van der Waals surface area (Å²) >= 11 is 0. The highest BCUT2D eigenvalue weighted by Gasteiger charge is 2.40. The van der Waals surface area contributed by atoms with Crippen LogP contribution in [-0.2, 0) is 0 Å². The lowest BCUT2D eigenvalue weighted by molar-refractivity contribution is 0.261. The Morgan fingerprint density at radius 2 is 1.93 bits per heavy atom. The summed E-state index contributed by atoms with van der Waals surface area (Å²) in [5.74, 6) is 2.86. The predicted molar refractivity (Wildman–Crippen MR) is 61.2 cm³/mol. The van der Waals surface area contributed by atoms with Crippen molar-refractivity contribution in [3.05, 3.63) is 0 Å². The van der Waals surface area contributed by atoms with Gasteiger partial charge < -0.3 is 4.90 Å². The molecule has 1 saturated carbocycles. The SMILES string of the molecule is CCC(C)CN1CC2CC(C#N)CC2C1. The summed E-state index contributed by atoms with van der Waals surface area (Å²) in [6, 6.07) is 2.44. The van der Waals surface area contributed by atoms with Crippen molar-refractivity contribution < 1.29 is 0 Å². The molecule has 0 radical (unpaired) electrons. The Hall–Kier alpha value is -0.550. The lowest BCUT2D eigenvalue weighted by Crippen LogP contribution is -2.27. The molecule has 0 spiro atoms. The third-order valence-electron chi connectivity index (χ3n) is 4.28. The second-order valence-corrected chi connectivity index (χ2v) is 5.55. The van der Waals surface area contributed by atoms with E-state index in [9.17, 15) is 0 Å². The zero-order valence-corrected chi connectivity index (χ0v) is 9.95. The minimum Gasteiger partial charge on any atom is -0.302 e. The first-order valence-corrected chi connectivity index (χ1v) is 6.34. The Bertz CT molecular complexity index is 242. The minimum atomic E-state index is 0.366. The minimum absolute atomic E-state index is 0.366. The van der Waals surface area contributed by atoms with Crippen LogP contribution in [0.15, 0.2) is 0 Å². The molecule has 0 amide bonds. The normalized spacial score (nSPS) is 37.5. The fraction of sp³-hybridized carbons (Fsp3) is 0.923. The van der Waals surface area contributed by atoms with Gasteiger partial charge in [0.2, 0.25) is 0 Å². The van der Waals surface area contributed by atoms with Crippen molar-refractivity contribution in [3.63, 3.8) is 0 Å². The van der Waals surface area contributed by atoms with Crippen LogP contribution in [0.3, 0.4) is 0 Å². The summed E-state index contributed by atoms with van der Waals surface area (Å²) in [6.07, 6.45) is 3.61. The molecule has 1 aliphatic carbocycles. The van der Waals surface area contributed by atoms with E-state index >= 15 is 0 Å². The molecule has 0 aromatic heterocycles. The molecule has 1 heterocycles. The number of nitrogens with zero attached hydrogens (tertiary/aromatic N) is 2. The van der Waals surface area contributed by atoms with Crippen LogP contribution >= 0.6 is 0 Å². The van der Waals surface area contributed by atoms with Gasteiger partial charge in [0.25, 0.3) is 0 Å². The molecule has 3 unspecified atom stereocenters. The van der Waals surface area contributed by atoms with Crippen molar-refractivity contribution in [1.82, 2.24) is 4.90 Å². The van der Waals surface area contributed by atoms with Gasteiger partial charge >= 0.3 is 0 Å². The van der Waals surface area contributed by atoms with Crippen LogP contribution in [0, 0.1) is 35.0 Å². The molecule has 2 heteroatoms. The monoisotopic (exact) mass is 206 g/mol. The number of rotatable bonds is 3. The number of likely N-dealkylation sites (tertiary alicyclic amines) is 1. The topological polar surface area (TPSA) is 27.0 Å². The van der Waals surface area contributed by atoms with Gasteiger partial charge in [-0.2, -0.15) is 5.26 Å². The van der Waals surface area contributed by atoms with E-state index < -0.39 is 0 Å². The van der Waals surface area contributed by atoms with Gasteiger partial charge in [0.15, 0.2) is 0 Å². The lowest BCUT2D eigenvalue weighted by atomic mass is 10.0. The van der Waals surface area contributed by atoms with E-state index in [-0.39, 0.29) is 0 Å². The molecule has 0 aromatic carbocycles. The third kappa shape index (κ3) is 2.34. The summed E-state index contributed by atoms with van der Waals surface area (Å²) in [5.41, 5.74) is 0. The molecular formula is C13H22N2. The lowest BCUT2D eigenvalue weighted by Gasteiger charge is -2.20. The Labute approximate surface area is 93.3 Å². The highest BCUT2D eigenvalue weighted by molar-refractivity contribution is 4.99. The molecule has 1 saturated heterocycles. The van der Waals surface area contributed by atoms with Crippen LogP contribution in [0.25, 0.3) is 0 Å². The fourth-order valence-corrected chi connectivity index (χ4v) is 3.22. The van der Waals surface area contributed by atoms with Gasteiger partial charge in [-0.15, -0.1) is 0 Å². The summed E-state index contributed by atoms with van der Waals surface area (Å²) < 4.78 is 0. The summed E-state index contributed by atoms with van der Waals surface area (Å²) in [5, 5.41) is 8.91. The van der Waals surface area contributed by atoms with Crippen molar-refractivity contribution in [2.24, 2.45) is 23.7 Å². The maximum atomic E-state index is 8.91. The van der Waals surface area contributed by atoms with Crippen molar-refractivity contribution in [2.45, 2.75) is 33.1 Å². The second-order valence-electron chi connectivity index (χ2n) is 5.55. The first-order valence-electron chi connectivity index (χ1n) is 6.34. The van der Waals surface area contributed by atoms with Gasteiger partial charge in [-0.05, 0) is 30.6 Å². The zero-order valence-electron chi connectivity index (χ0n) is 9.95. The van der Waals surface area contributed by atoms with E-state index in [0.29, 0.717) is 5.92 Å². The van der Waals surface area contributed by atoms with Crippen LogP contribution in [0.5, 0.6) is 0 Å². The number of fused-ring (bicyclic) bond motifs is 1. The van der Waals surface area contributed by atoms with E-state index in [1.54, 1.807) is 0 Å². The largest absolute Gasteiger partial charge is 0.302 e. The fourth-order valence-electron chi connectivity index (χ4n) is 3.22. The molecule has 3 atom stereocenters.